The summed E-state index contributed by atoms with van der Waals surface area (Å²) in [5.74, 6) is -0.577. The Morgan fingerprint density at radius 1 is 1.11 bits per heavy atom. The summed E-state index contributed by atoms with van der Waals surface area (Å²) >= 11 is 0. The number of nitrogens with zero attached hydrogens (tertiary/aromatic N) is 2. The lowest BCUT2D eigenvalue weighted by Gasteiger charge is -2.19. The molecule has 0 aliphatic rings. The molecule has 1 aromatic heterocycles. The molecule has 1 N–H and O–H groups in total. The Hall–Kier alpha value is -2.52. The molecule has 0 amide bonds. The number of esters is 1. The highest BCUT2D eigenvalue weighted by Gasteiger charge is 2.23. The van der Waals surface area contributed by atoms with E-state index in [1.165, 1.54) is 18.5 Å². The maximum atomic E-state index is 12.8. The van der Waals surface area contributed by atoms with Crippen LogP contribution in [0.25, 0.3) is 0 Å². The SMILES string of the molecule is Cc1c(C)c(C)c(S(=O)(=O)NCCC(=O)OCc2nccc[n+]2[O-])c(C)c1C. The van der Waals surface area contributed by atoms with Gasteiger partial charge >= 0.3 is 11.8 Å². The van der Waals surface area contributed by atoms with Crippen LogP contribution in [0.4, 0.5) is 0 Å². The molecule has 0 atom stereocenters. The number of carbonyl (C=O) groups is 1. The minimum atomic E-state index is -3.78. The zero-order chi connectivity index (χ0) is 21.1. The fraction of sp³-hybridized carbons (Fsp3) is 0.421. The standard InChI is InChI=1S/C19H25N3O5S/c1-12-13(2)15(4)19(16(5)14(12)3)28(25,26)21-9-7-18(23)27-11-17-20-8-6-10-22(17)24/h6,8,10,21H,7,9,11H2,1-5H3. The molecule has 0 bridgehead atoms. The van der Waals surface area contributed by atoms with Crippen molar-refractivity contribution < 1.29 is 22.7 Å². The fourth-order valence-electron chi connectivity index (χ4n) is 2.94. The van der Waals surface area contributed by atoms with E-state index >= 15 is 0 Å². The van der Waals surface area contributed by atoms with Crippen molar-refractivity contribution in [1.82, 2.24) is 9.71 Å². The lowest BCUT2D eigenvalue weighted by molar-refractivity contribution is -0.620. The summed E-state index contributed by atoms with van der Waals surface area (Å²) < 4.78 is 33.5. The summed E-state index contributed by atoms with van der Waals surface area (Å²) in [5, 5.41) is 11.4. The lowest BCUT2D eigenvalue weighted by Crippen LogP contribution is -2.33. The van der Waals surface area contributed by atoms with Crippen molar-refractivity contribution in [1.29, 1.82) is 0 Å². The van der Waals surface area contributed by atoms with Gasteiger partial charge in [-0.05, 0) is 67.4 Å². The third kappa shape index (κ3) is 4.66. The molecule has 2 aromatic rings. The molecule has 0 radical (unpaired) electrons. The van der Waals surface area contributed by atoms with Crippen molar-refractivity contribution >= 4 is 16.0 Å². The normalized spacial score (nSPS) is 11.5. The average Bonchev–Trinajstić information content (AvgIpc) is 2.64. The zero-order valence-electron chi connectivity index (χ0n) is 16.7. The third-order valence-corrected chi connectivity index (χ3v) is 6.70. The summed E-state index contributed by atoms with van der Waals surface area (Å²) in [6.45, 7) is 8.94. The second-order valence-corrected chi connectivity index (χ2v) is 8.33. The topological polar surface area (TPSA) is 112 Å². The van der Waals surface area contributed by atoms with E-state index in [9.17, 15) is 18.4 Å². The molecule has 0 fully saturated rings. The average molecular weight is 407 g/mol. The van der Waals surface area contributed by atoms with Crippen LogP contribution in [0.3, 0.4) is 0 Å². The number of benzene rings is 1. The minimum Gasteiger partial charge on any atom is -0.711 e. The highest BCUT2D eigenvalue weighted by molar-refractivity contribution is 7.89. The van der Waals surface area contributed by atoms with Gasteiger partial charge in [-0.1, -0.05) is 0 Å². The molecule has 8 nitrogen and oxygen atoms in total. The Kier molecular flexibility index (Phi) is 6.73. The fourth-order valence-corrected chi connectivity index (χ4v) is 4.56. The highest BCUT2D eigenvalue weighted by atomic mass is 32.2. The zero-order valence-corrected chi connectivity index (χ0v) is 17.5. The van der Waals surface area contributed by atoms with Crippen molar-refractivity contribution in [2.75, 3.05) is 6.54 Å². The smallest absolute Gasteiger partial charge is 0.339 e. The number of rotatable bonds is 7. The summed E-state index contributed by atoms with van der Waals surface area (Å²) in [6.07, 6.45) is 2.51. The molecule has 1 heterocycles. The number of hydrogen-bond donors (Lipinski definition) is 1. The minimum absolute atomic E-state index is 0.0493. The lowest BCUT2D eigenvalue weighted by atomic mass is 9.95. The highest BCUT2D eigenvalue weighted by Crippen LogP contribution is 2.29. The maximum absolute atomic E-state index is 12.8. The monoisotopic (exact) mass is 407 g/mol. The van der Waals surface area contributed by atoms with E-state index in [-0.39, 0.29) is 30.3 Å². The molecular weight excluding hydrogens is 382 g/mol. The second-order valence-electron chi connectivity index (χ2n) is 6.62. The van der Waals surface area contributed by atoms with Gasteiger partial charge in [0.05, 0.1) is 17.5 Å². The van der Waals surface area contributed by atoms with Crippen molar-refractivity contribution in [3.63, 3.8) is 0 Å². The Morgan fingerprint density at radius 3 is 2.25 bits per heavy atom. The number of carbonyl (C=O) groups excluding carboxylic acids is 1. The van der Waals surface area contributed by atoms with Crippen LogP contribution in [0.5, 0.6) is 0 Å². The number of nitrogens with one attached hydrogen (secondary N) is 1. The van der Waals surface area contributed by atoms with Crippen molar-refractivity contribution in [2.45, 2.75) is 52.5 Å². The summed E-state index contributed by atoms with van der Waals surface area (Å²) in [7, 11) is -3.78. The first-order chi connectivity index (χ1) is 13.1. The Balaban J connectivity index is 2.01. The van der Waals surface area contributed by atoms with Gasteiger partial charge in [-0.15, -0.1) is 0 Å². The van der Waals surface area contributed by atoms with Gasteiger partial charge in [-0.2, -0.15) is 0 Å². The molecule has 0 aliphatic heterocycles. The first-order valence-corrected chi connectivity index (χ1v) is 10.3. The van der Waals surface area contributed by atoms with Crippen LogP contribution >= 0.6 is 0 Å². The quantitative estimate of drug-likeness (QED) is 0.424. The van der Waals surface area contributed by atoms with Gasteiger partial charge < -0.3 is 9.94 Å². The van der Waals surface area contributed by atoms with Gasteiger partial charge in [0.15, 0.2) is 6.61 Å². The molecule has 28 heavy (non-hydrogen) atoms. The van der Waals surface area contributed by atoms with E-state index in [2.05, 4.69) is 9.71 Å². The van der Waals surface area contributed by atoms with Gasteiger partial charge in [0.2, 0.25) is 10.0 Å². The van der Waals surface area contributed by atoms with Crippen LogP contribution in [0.2, 0.25) is 0 Å². The number of sulfonamides is 1. The Labute approximate surface area is 165 Å². The van der Waals surface area contributed by atoms with E-state index in [1.54, 1.807) is 13.8 Å². The van der Waals surface area contributed by atoms with Gasteiger partial charge in [0.25, 0.3) is 0 Å². The van der Waals surface area contributed by atoms with Gasteiger partial charge in [-0.25, -0.2) is 17.9 Å². The van der Waals surface area contributed by atoms with Crippen LogP contribution in [0.1, 0.15) is 40.1 Å². The molecule has 9 heteroatoms. The molecular formula is C19H25N3O5S. The van der Waals surface area contributed by atoms with Crippen molar-refractivity contribution in [3.05, 3.63) is 57.3 Å². The molecule has 0 unspecified atom stereocenters. The molecule has 0 spiro atoms. The molecule has 0 saturated heterocycles. The van der Waals surface area contributed by atoms with E-state index in [4.69, 9.17) is 4.74 Å². The molecule has 2 rings (SSSR count). The molecule has 1 aromatic carbocycles. The van der Waals surface area contributed by atoms with Crippen molar-refractivity contribution in [2.24, 2.45) is 0 Å². The van der Waals surface area contributed by atoms with Gasteiger partial charge in [0.1, 0.15) is 6.20 Å². The van der Waals surface area contributed by atoms with E-state index in [0.29, 0.717) is 15.9 Å². The van der Waals surface area contributed by atoms with Gasteiger partial charge in [0, 0.05) is 12.6 Å². The predicted octanol–water partition coefficient (Wildman–Crippen LogP) is 1.67. The number of ether oxygens (including phenoxy) is 1. The summed E-state index contributed by atoms with van der Waals surface area (Å²) in [4.78, 5) is 15.9. The third-order valence-electron chi connectivity index (χ3n) is 4.97. The number of aromatic nitrogens is 2. The second kappa shape index (κ2) is 8.66. The molecule has 152 valence electrons. The maximum Gasteiger partial charge on any atom is 0.339 e. The Bertz CT molecular complexity index is 974. The first kappa shape index (κ1) is 21.8. The van der Waals surface area contributed by atoms with E-state index in [1.807, 2.05) is 20.8 Å². The van der Waals surface area contributed by atoms with Gasteiger partial charge in [-0.3, -0.25) is 4.79 Å². The molecule has 0 saturated carbocycles. The molecule has 0 aliphatic carbocycles. The van der Waals surface area contributed by atoms with Crippen LogP contribution in [-0.2, 0) is 26.2 Å². The van der Waals surface area contributed by atoms with Crippen molar-refractivity contribution in [3.8, 4) is 0 Å². The summed E-state index contributed by atoms with van der Waals surface area (Å²) in [6, 6.07) is 1.46. The van der Waals surface area contributed by atoms with Crippen LogP contribution in [-0.4, -0.2) is 25.9 Å². The predicted molar refractivity (Wildman–Crippen MR) is 103 cm³/mol. The Morgan fingerprint density at radius 2 is 1.68 bits per heavy atom. The number of hydrogen-bond acceptors (Lipinski definition) is 6. The largest absolute Gasteiger partial charge is 0.711 e. The van der Waals surface area contributed by atoms with E-state index in [0.717, 1.165) is 16.7 Å². The van der Waals surface area contributed by atoms with Crippen LogP contribution in [0, 0.1) is 39.8 Å². The summed E-state index contributed by atoms with van der Waals surface area (Å²) in [5.41, 5.74) is 4.34. The van der Waals surface area contributed by atoms with Crippen LogP contribution in [0.15, 0.2) is 23.4 Å². The van der Waals surface area contributed by atoms with E-state index < -0.39 is 16.0 Å². The van der Waals surface area contributed by atoms with Crippen LogP contribution < -0.4 is 9.45 Å². The first-order valence-electron chi connectivity index (χ1n) is 8.81.